The molecule has 1 atom stereocenters. The Morgan fingerprint density at radius 1 is 0.906 bits per heavy atom. The molecule has 1 heterocycles. The Morgan fingerprint density at radius 3 is 2.25 bits per heavy atom. The second-order valence-electron chi connectivity index (χ2n) is 8.29. The summed E-state index contributed by atoms with van der Waals surface area (Å²) in [5, 5.41) is 0. The molecule has 0 N–H and O–H groups in total. The number of halogens is 1. The van der Waals surface area contributed by atoms with Gasteiger partial charge in [-0.05, 0) is 35.2 Å². The lowest BCUT2D eigenvalue weighted by Gasteiger charge is -2.26. The summed E-state index contributed by atoms with van der Waals surface area (Å²) in [4.78, 5) is 29.9. The molecule has 4 nitrogen and oxygen atoms in total. The predicted molar refractivity (Wildman–Crippen MR) is 130 cm³/mol. The third-order valence-corrected chi connectivity index (χ3v) is 6.36. The molecule has 4 rings (SSSR count). The summed E-state index contributed by atoms with van der Waals surface area (Å²) < 4.78 is 0.990. The molecule has 3 aromatic rings. The van der Waals surface area contributed by atoms with Gasteiger partial charge in [0.2, 0.25) is 11.8 Å². The summed E-state index contributed by atoms with van der Waals surface area (Å²) in [5.74, 6) is -0.185. The van der Waals surface area contributed by atoms with Crippen molar-refractivity contribution in [3.63, 3.8) is 0 Å². The van der Waals surface area contributed by atoms with Crippen LogP contribution in [0.3, 0.4) is 0 Å². The average molecular weight is 491 g/mol. The lowest BCUT2D eigenvalue weighted by Crippen LogP contribution is -2.38. The molecule has 0 bridgehead atoms. The number of likely N-dealkylation sites (tertiary alicyclic amines) is 1. The number of hydrogen-bond donors (Lipinski definition) is 0. The Bertz CT molecular complexity index is 1060. The summed E-state index contributed by atoms with van der Waals surface area (Å²) in [6, 6.07) is 28.2. The van der Waals surface area contributed by atoms with E-state index in [0.29, 0.717) is 26.2 Å². The zero-order valence-electron chi connectivity index (χ0n) is 18.0. The molecule has 32 heavy (non-hydrogen) atoms. The van der Waals surface area contributed by atoms with Crippen LogP contribution in [0.15, 0.2) is 89.4 Å². The first-order valence-corrected chi connectivity index (χ1v) is 11.8. The monoisotopic (exact) mass is 490 g/mol. The van der Waals surface area contributed by atoms with Crippen LogP contribution in [0.4, 0.5) is 0 Å². The molecule has 0 saturated carbocycles. The highest BCUT2D eigenvalue weighted by Crippen LogP contribution is 2.24. The second kappa shape index (κ2) is 10.6. The zero-order chi connectivity index (χ0) is 22.3. The van der Waals surface area contributed by atoms with E-state index in [1.807, 2.05) is 82.6 Å². The van der Waals surface area contributed by atoms with E-state index in [1.165, 1.54) is 5.56 Å². The van der Waals surface area contributed by atoms with Gasteiger partial charge in [0.1, 0.15) is 0 Å². The van der Waals surface area contributed by atoms with Crippen LogP contribution in [0, 0.1) is 5.92 Å². The topological polar surface area (TPSA) is 40.6 Å². The van der Waals surface area contributed by atoms with Crippen molar-refractivity contribution in [2.45, 2.75) is 25.9 Å². The number of hydrogen-bond acceptors (Lipinski definition) is 2. The first-order chi connectivity index (χ1) is 15.6. The number of amides is 2. The van der Waals surface area contributed by atoms with Gasteiger partial charge in [-0.2, -0.15) is 0 Å². The SMILES string of the molecule is O=C1C[C@H](C(=O)N(CCc2ccccc2)Cc2ccccc2)CN1Cc1cccc(Br)c1. The fraction of sp³-hybridized carbons (Fsp3) is 0.259. The maximum absolute atomic E-state index is 13.5. The highest BCUT2D eigenvalue weighted by atomic mass is 79.9. The quantitative estimate of drug-likeness (QED) is 0.442. The predicted octanol–water partition coefficient (Wildman–Crippen LogP) is 5.07. The first-order valence-electron chi connectivity index (χ1n) is 11.0. The largest absolute Gasteiger partial charge is 0.338 e. The molecule has 3 aromatic carbocycles. The average Bonchev–Trinajstić information content (AvgIpc) is 3.17. The minimum Gasteiger partial charge on any atom is -0.338 e. The van der Waals surface area contributed by atoms with Crippen molar-refractivity contribution < 1.29 is 9.59 Å². The minimum absolute atomic E-state index is 0.0473. The maximum atomic E-state index is 13.5. The van der Waals surface area contributed by atoms with E-state index in [1.54, 1.807) is 0 Å². The van der Waals surface area contributed by atoms with Gasteiger partial charge in [0.15, 0.2) is 0 Å². The van der Waals surface area contributed by atoms with Gasteiger partial charge in [0.05, 0.1) is 5.92 Å². The molecular weight excluding hydrogens is 464 g/mol. The minimum atomic E-state index is -0.297. The van der Waals surface area contributed by atoms with Gasteiger partial charge in [-0.3, -0.25) is 9.59 Å². The molecule has 0 unspecified atom stereocenters. The van der Waals surface area contributed by atoms with Crippen molar-refractivity contribution in [1.29, 1.82) is 0 Å². The van der Waals surface area contributed by atoms with Gasteiger partial charge in [0, 0.05) is 37.1 Å². The van der Waals surface area contributed by atoms with Crippen molar-refractivity contribution in [2.75, 3.05) is 13.1 Å². The molecule has 0 radical (unpaired) electrons. The van der Waals surface area contributed by atoms with Crippen LogP contribution >= 0.6 is 15.9 Å². The molecule has 1 aliphatic heterocycles. The number of carbonyl (C=O) groups is 2. The van der Waals surface area contributed by atoms with Crippen molar-refractivity contribution in [3.8, 4) is 0 Å². The Hall–Kier alpha value is -2.92. The number of benzene rings is 3. The fourth-order valence-corrected chi connectivity index (χ4v) is 4.63. The van der Waals surface area contributed by atoms with E-state index >= 15 is 0 Å². The third kappa shape index (κ3) is 5.86. The molecule has 1 aliphatic rings. The first kappa shape index (κ1) is 22.3. The van der Waals surface area contributed by atoms with Crippen LogP contribution in [-0.2, 0) is 29.1 Å². The molecule has 0 aromatic heterocycles. The van der Waals surface area contributed by atoms with Gasteiger partial charge >= 0.3 is 0 Å². The van der Waals surface area contributed by atoms with Gasteiger partial charge in [-0.25, -0.2) is 0 Å². The van der Waals surface area contributed by atoms with Gasteiger partial charge in [-0.1, -0.05) is 88.7 Å². The fourth-order valence-electron chi connectivity index (χ4n) is 4.18. The Labute approximate surface area is 198 Å². The Balaban J connectivity index is 1.45. The van der Waals surface area contributed by atoms with Crippen molar-refractivity contribution in [3.05, 3.63) is 106 Å². The lowest BCUT2D eigenvalue weighted by molar-refractivity contribution is -0.136. The molecule has 0 spiro atoms. The Kier molecular flexibility index (Phi) is 7.38. The van der Waals surface area contributed by atoms with Crippen molar-refractivity contribution in [1.82, 2.24) is 9.80 Å². The van der Waals surface area contributed by atoms with Crippen LogP contribution < -0.4 is 0 Å². The normalized spacial score (nSPS) is 15.7. The van der Waals surface area contributed by atoms with E-state index in [0.717, 1.165) is 22.0 Å². The highest BCUT2D eigenvalue weighted by Gasteiger charge is 2.36. The van der Waals surface area contributed by atoms with E-state index in [2.05, 4.69) is 28.1 Å². The molecule has 0 aliphatic carbocycles. The second-order valence-corrected chi connectivity index (χ2v) is 9.20. The number of rotatable bonds is 8. The molecule has 2 amide bonds. The Morgan fingerprint density at radius 2 is 1.56 bits per heavy atom. The van der Waals surface area contributed by atoms with Crippen molar-refractivity contribution >= 4 is 27.7 Å². The van der Waals surface area contributed by atoms with Crippen LogP contribution in [0.5, 0.6) is 0 Å². The summed E-state index contributed by atoms with van der Waals surface area (Å²) >= 11 is 3.48. The van der Waals surface area contributed by atoms with Crippen molar-refractivity contribution in [2.24, 2.45) is 5.92 Å². The lowest BCUT2D eigenvalue weighted by atomic mass is 10.1. The van der Waals surface area contributed by atoms with Gasteiger partial charge in [-0.15, -0.1) is 0 Å². The summed E-state index contributed by atoms with van der Waals surface area (Å²) in [7, 11) is 0. The molecule has 1 fully saturated rings. The third-order valence-electron chi connectivity index (χ3n) is 5.87. The standard InChI is InChI=1S/C27H27BrN2O2/c28-25-13-7-12-23(16-25)19-30-20-24(17-26(30)31)27(32)29(18-22-10-5-2-6-11-22)15-14-21-8-3-1-4-9-21/h1-13,16,24H,14-15,17-20H2/t24-/m0/s1. The van der Waals surface area contributed by atoms with Crippen LogP contribution in [0.2, 0.25) is 0 Å². The molecular formula is C27H27BrN2O2. The van der Waals surface area contributed by atoms with Crippen LogP contribution in [-0.4, -0.2) is 34.7 Å². The van der Waals surface area contributed by atoms with E-state index in [9.17, 15) is 9.59 Å². The number of nitrogens with zero attached hydrogens (tertiary/aromatic N) is 2. The molecule has 5 heteroatoms. The summed E-state index contributed by atoms with van der Waals surface area (Å²) in [6.45, 7) is 2.20. The summed E-state index contributed by atoms with van der Waals surface area (Å²) in [6.07, 6.45) is 1.07. The smallest absolute Gasteiger partial charge is 0.228 e. The molecule has 1 saturated heterocycles. The van der Waals surface area contributed by atoms with E-state index < -0.39 is 0 Å². The van der Waals surface area contributed by atoms with Gasteiger partial charge < -0.3 is 9.80 Å². The maximum Gasteiger partial charge on any atom is 0.228 e. The highest BCUT2D eigenvalue weighted by molar-refractivity contribution is 9.10. The van der Waals surface area contributed by atoms with Crippen LogP contribution in [0.25, 0.3) is 0 Å². The summed E-state index contributed by atoms with van der Waals surface area (Å²) in [5.41, 5.74) is 3.37. The van der Waals surface area contributed by atoms with E-state index in [4.69, 9.17) is 0 Å². The van der Waals surface area contributed by atoms with E-state index in [-0.39, 0.29) is 24.2 Å². The zero-order valence-corrected chi connectivity index (χ0v) is 19.6. The van der Waals surface area contributed by atoms with Crippen LogP contribution in [0.1, 0.15) is 23.1 Å². The van der Waals surface area contributed by atoms with Gasteiger partial charge in [0.25, 0.3) is 0 Å². The number of carbonyl (C=O) groups excluding carboxylic acids is 2. The molecule has 164 valence electrons.